The van der Waals surface area contributed by atoms with Crippen molar-refractivity contribution < 1.29 is 14.6 Å². The van der Waals surface area contributed by atoms with Crippen LogP contribution in [-0.4, -0.2) is 29.3 Å². The zero-order valence-corrected chi connectivity index (χ0v) is 13.0. The Bertz CT molecular complexity index is 463. The van der Waals surface area contributed by atoms with Crippen LogP contribution < -0.4 is 10.1 Å². The summed E-state index contributed by atoms with van der Waals surface area (Å²) in [7, 11) is 0. The number of aliphatic hydroxyl groups excluding tert-OH is 1. The molecule has 3 atom stereocenters. The Balaban J connectivity index is 1.88. The first-order chi connectivity index (χ1) is 10.1. The van der Waals surface area contributed by atoms with Crippen LogP contribution in [0.4, 0.5) is 0 Å². The summed E-state index contributed by atoms with van der Waals surface area (Å²) >= 11 is 5.81. The SMILES string of the molecule is CC(Oc1ccc(Cl)cc1)C(=O)NC1CCCCCC1O. The molecule has 2 rings (SSSR count). The molecule has 1 aliphatic carbocycles. The molecule has 0 radical (unpaired) electrons. The first kappa shape index (κ1) is 16.1. The Morgan fingerprint density at radius 3 is 2.67 bits per heavy atom. The Morgan fingerprint density at radius 2 is 1.95 bits per heavy atom. The monoisotopic (exact) mass is 311 g/mol. The van der Waals surface area contributed by atoms with Crippen molar-refractivity contribution in [3.63, 3.8) is 0 Å². The van der Waals surface area contributed by atoms with Crippen molar-refractivity contribution in [2.45, 2.75) is 57.3 Å². The predicted molar refractivity (Wildman–Crippen MR) is 82.6 cm³/mol. The summed E-state index contributed by atoms with van der Waals surface area (Å²) in [6, 6.07) is 6.73. The fourth-order valence-electron chi connectivity index (χ4n) is 2.53. The fourth-order valence-corrected chi connectivity index (χ4v) is 2.65. The minimum atomic E-state index is -0.610. The second kappa shape index (κ2) is 7.66. The fraction of sp³-hybridized carbons (Fsp3) is 0.562. The average Bonchev–Trinajstić information content (AvgIpc) is 2.66. The highest BCUT2D eigenvalue weighted by atomic mass is 35.5. The van der Waals surface area contributed by atoms with Crippen LogP contribution in [0.25, 0.3) is 0 Å². The van der Waals surface area contributed by atoms with E-state index in [1.165, 1.54) is 0 Å². The molecular formula is C16H22ClNO3. The van der Waals surface area contributed by atoms with Crippen molar-refractivity contribution in [2.75, 3.05) is 0 Å². The van der Waals surface area contributed by atoms with E-state index in [2.05, 4.69) is 5.32 Å². The van der Waals surface area contributed by atoms with Crippen molar-refractivity contribution in [1.82, 2.24) is 5.32 Å². The molecule has 5 heteroatoms. The van der Waals surface area contributed by atoms with Gasteiger partial charge in [-0.3, -0.25) is 4.79 Å². The van der Waals surface area contributed by atoms with Gasteiger partial charge in [-0.15, -0.1) is 0 Å². The zero-order chi connectivity index (χ0) is 15.2. The average molecular weight is 312 g/mol. The van der Waals surface area contributed by atoms with Gasteiger partial charge in [-0.2, -0.15) is 0 Å². The van der Waals surface area contributed by atoms with Crippen LogP contribution in [0.5, 0.6) is 5.75 Å². The first-order valence-corrected chi connectivity index (χ1v) is 7.84. The van der Waals surface area contributed by atoms with E-state index in [0.717, 1.165) is 32.1 Å². The molecule has 1 aliphatic rings. The molecule has 3 unspecified atom stereocenters. The van der Waals surface area contributed by atoms with Gasteiger partial charge in [-0.25, -0.2) is 0 Å². The summed E-state index contributed by atoms with van der Waals surface area (Å²) in [5.41, 5.74) is 0. The molecular weight excluding hydrogens is 290 g/mol. The first-order valence-electron chi connectivity index (χ1n) is 7.47. The maximum absolute atomic E-state index is 12.2. The molecule has 0 bridgehead atoms. The number of hydrogen-bond acceptors (Lipinski definition) is 3. The number of aliphatic hydroxyl groups is 1. The van der Waals surface area contributed by atoms with Crippen molar-refractivity contribution in [1.29, 1.82) is 0 Å². The maximum Gasteiger partial charge on any atom is 0.261 e. The number of benzene rings is 1. The summed E-state index contributed by atoms with van der Waals surface area (Å²) in [4.78, 5) is 12.2. The Kier molecular flexibility index (Phi) is 5.88. The Labute approximate surface area is 130 Å². The number of rotatable bonds is 4. The summed E-state index contributed by atoms with van der Waals surface area (Å²) < 4.78 is 5.59. The number of carbonyl (C=O) groups excluding carboxylic acids is 1. The lowest BCUT2D eigenvalue weighted by Crippen LogP contribution is -2.47. The molecule has 4 nitrogen and oxygen atoms in total. The lowest BCUT2D eigenvalue weighted by atomic mass is 10.1. The Morgan fingerprint density at radius 1 is 1.29 bits per heavy atom. The van der Waals surface area contributed by atoms with E-state index in [4.69, 9.17) is 16.3 Å². The molecule has 2 N–H and O–H groups in total. The minimum absolute atomic E-state index is 0.170. The van der Waals surface area contributed by atoms with Crippen LogP contribution >= 0.6 is 11.6 Å². The third-order valence-corrected chi connectivity index (χ3v) is 4.05. The number of amides is 1. The van der Waals surface area contributed by atoms with Gasteiger partial charge in [0.25, 0.3) is 5.91 Å². The van der Waals surface area contributed by atoms with Gasteiger partial charge >= 0.3 is 0 Å². The van der Waals surface area contributed by atoms with Crippen LogP contribution in [0, 0.1) is 0 Å². The van der Waals surface area contributed by atoms with Crippen LogP contribution in [0.1, 0.15) is 39.0 Å². The normalized spacial score (nSPS) is 24.0. The van der Waals surface area contributed by atoms with Crippen molar-refractivity contribution in [2.24, 2.45) is 0 Å². The van der Waals surface area contributed by atoms with Crippen molar-refractivity contribution in [3.05, 3.63) is 29.3 Å². The third kappa shape index (κ3) is 4.90. The minimum Gasteiger partial charge on any atom is -0.481 e. The molecule has 116 valence electrons. The standard InChI is InChI=1S/C16H22ClNO3/c1-11(21-13-9-7-12(17)8-10-13)16(20)18-14-5-3-2-4-6-15(14)19/h7-11,14-15,19H,2-6H2,1H3,(H,18,20). The topological polar surface area (TPSA) is 58.6 Å². The van der Waals surface area contributed by atoms with E-state index in [-0.39, 0.29) is 11.9 Å². The van der Waals surface area contributed by atoms with Gasteiger partial charge in [-0.1, -0.05) is 30.9 Å². The van der Waals surface area contributed by atoms with E-state index in [9.17, 15) is 9.90 Å². The van der Waals surface area contributed by atoms with E-state index in [0.29, 0.717) is 10.8 Å². The highest BCUT2D eigenvalue weighted by Crippen LogP contribution is 2.19. The van der Waals surface area contributed by atoms with Gasteiger partial charge < -0.3 is 15.2 Å². The summed E-state index contributed by atoms with van der Waals surface area (Å²) in [6.45, 7) is 1.70. The molecule has 1 aromatic carbocycles. The van der Waals surface area contributed by atoms with E-state index in [1.807, 2.05) is 0 Å². The molecule has 0 saturated heterocycles. The zero-order valence-electron chi connectivity index (χ0n) is 12.2. The van der Waals surface area contributed by atoms with E-state index >= 15 is 0 Å². The number of hydrogen-bond donors (Lipinski definition) is 2. The molecule has 1 aromatic rings. The highest BCUT2D eigenvalue weighted by molar-refractivity contribution is 6.30. The molecule has 0 heterocycles. The van der Waals surface area contributed by atoms with Crippen LogP contribution in [0.3, 0.4) is 0 Å². The number of ether oxygens (including phenoxy) is 1. The maximum atomic E-state index is 12.2. The number of carbonyl (C=O) groups is 1. The molecule has 1 fully saturated rings. The predicted octanol–water partition coefficient (Wildman–Crippen LogP) is 2.92. The van der Waals surface area contributed by atoms with Crippen LogP contribution in [-0.2, 0) is 4.79 Å². The molecule has 0 aliphatic heterocycles. The molecule has 21 heavy (non-hydrogen) atoms. The van der Waals surface area contributed by atoms with Gasteiger partial charge in [0.05, 0.1) is 12.1 Å². The smallest absolute Gasteiger partial charge is 0.261 e. The Hall–Kier alpha value is -1.26. The third-order valence-electron chi connectivity index (χ3n) is 3.80. The number of halogens is 1. The second-order valence-electron chi connectivity index (χ2n) is 5.53. The van der Waals surface area contributed by atoms with Gasteiger partial charge in [0.1, 0.15) is 5.75 Å². The van der Waals surface area contributed by atoms with Gasteiger partial charge in [0, 0.05) is 5.02 Å². The molecule has 1 saturated carbocycles. The quantitative estimate of drug-likeness (QED) is 0.841. The molecule has 0 spiro atoms. The van der Waals surface area contributed by atoms with Gasteiger partial charge in [0.2, 0.25) is 0 Å². The highest BCUT2D eigenvalue weighted by Gasteiger charge is 2.25. The molecule has 1 amide bonds. The second-order valence-corrected chi connectivity index (χ2v) is 5.97. The molecule has 0 aromatic heterocycles. The largest absolute Gasteiger partial charge is 0.481 e. The summed E-state index contributed by atoms with van der Waals surface area (Å²) in [5.74, 6) is 0.402. The number of nitrogens with one attached hydrogen (secondary N) is 1. The van der Waals surface area contributed by atoms with Crippen LogP contribution in [0.15, 0.2) is 24.3 Å². The van der Waals surface area contributed by atoms with Crippen molar-refractivity contribution in [3.8, 4) is 5.75 Å². The van der Waals surface area contributed by atoms with E-state index in [1.54, 1.807) is 31.2 Å². The lowest BCUT2D eigenvalue weighted by Gasteiger charge is -2.24. The lowest BCUT2D eigenvalue weighted by molar-refractivity contribution is -0.128. The van der Waals surface area contributed by atoms with Crippen molar-refractivity contribution >= 4 is 17.5 Å². The van der Waals surface area contributed by atoms with Gasteiger partial charge in [0.15, 0.2) is 6.10 Å². The van der Waals surface area contributed by atoms with Gasteiger partial charge in [-0.05, 0) is 44.0 Å². The van der Waals surface area contributed by atoms with Crippen LogP contribution in [0.2, 0.25) is 5.02 Å². The van der Waals surface area contributed by atoms with E-state index < -0.39 is 12.2 Å². The summed E-state index contributed by atoms with van der Waals surface area (Å²) in [6.07, 6.45) is 3.66. The summed E-state index contributed by atoms with van der Waals surface area (Å²) in [5, 5.41) is 13.6.